The van der Waals surface area contributed by atoms with Gasteiger partial charge >= 0.3 is 0 Å². The summed E-state index contributed by atoms with van der Waals surface area (Å²) in [6, 6.07) is 1.80. The van der Waals surface area contributed by atoms with Crippen molar-refractivity contribution in [1.29, 1.82) is 0 Å². The quantitative estimate of drug-likeness (QED) is 0.684. The van der Waals surface area contributed by atoms with E-state index in [0.29, 0.717) is 0 Å². The fourth-order valence-corrected chi connectivity index (χ4v) is 1.80. The number of amides is 3. The Hall–Kier alpha value is -2.44. The second kappa shape index (κ2) is 4.68. The van der Waals surface area contributed by atoms with Gasteiger partial charge in [-0.2, -0.15) is 0 Å². The summed E-state index contributed by atoms with van der Waals surface area (Å²) >= 11 is 0. The molecule has 0 radical (unpaired) electrons. The van der Waals surface area contributed by atoms with Crippen molar-refractivity contribution >= 4 is 17.7 Å². The van der Waals surface area contributed by atoms with Gasteiger partial charge in [0.2, 0.25) is 5.91 Å². The molecule has 2 rings (SSSR count). The molecule has 1 aliphatic rings. The Bertz CT molecular complexity index is 620. The van der Waals surface area contributed by atoms with Crippen molar-refractivity contribution in [3.63, 3.8) is 0 Å². The molecule has 2 heterocycles. The maximum atomic E-state index is 11.9. The molecule has 1 unspecified atom stereocenters. The molecular formula is C12H13N3O4. The first kappa shape index (κ1) is 13.0. The molecule has 0 bridgehead atoms. The standard InChI is InChI=1S/C12H13N3O4/c1-14-4-3-7(5-9(14)16)11(18)13-8-6-10(17)15(2)12(8)19/h3-5,8H,6H2,1-2H3,(H,13,18). The van der Waals surface area contributed by atoms with Crippen molar-refractivity contribution < 1.29 is 14.4 Å². The highest BCUT2D eigenvalue weighted by molar-refractivity contribution is 6.07. The molecule has 1 aliphatic heterocycles. The number of carbonyl (C=O) groups excluding carboxylic acids is 3. The van der Waals surface area contributed by atoms with Gasteiger partial charge in [-0.1, -0.05) is 0 Å². The number of nitrogens with zero attached hydrogens (tertiary/aromatic N) is 2. The number of carbonyl (C=O) groups is 3. The summed E-state index contributed by atoms with van der Waals surface area (Å²) in [6.45, 7) is 0. The van der Waals surface area contributed by atoms with Crippen molar-refractivity contribution in [1.82, 2.24) is 14.8 Å². The second-order valence-electron chi connectivity index (χ2n) is 4.39. The summed E-state index contributed by atoms with van der Waals surface area (Å²) in [6.07, 6.45) is 1.41. The Morgan fingerprint density at radius 1 is 1.32 bits per heavy atom. The van der Waals surface area contributed by atoms with Gasteiger partial charge in [0.25, 0.3) is 17.4 Å². The zero-order valence-corrected chi connectivity index (χ0v) is 10.5. The van der Waals surface area contributed by atoms with Gasteiger partial charge in [-0.15, -0.1) is 0 Å². The Labute approximate surface area is 108 Å². The molecular weight excluding hydrogens is 250 g/mol. The molecule has 3 amide bonds. The van der Waals surface area contributed by atoms with Crippen molar-refractivity contribution in [2.45, 2.75) is 12.5 Å². The molecule has 1 atom stereocenters. The van der Waals surface area contributed by atoms with Crippen LogP contribution in [0.15, 0.2) is 23.1 Å². The zero-order valence-electron chi connectivity index (χ0n) is 10.5. The molecule has 7 heteroatoms. The molecule has 0 aliphatic carbocycles. The largest absolute Gasteiger partial charge is 0.340 e. The number of hydrogen-bond donors (Lipinski definition) is 1. The minimum absolute atomic E-state index is 0.0497. The highest BCUT2D eigenvalue weighted by atomic mass is 16.2. The van der Waals surface area contributed by atoms with E-state index >= 15 is 0 Å². The lowest BCUT2D eigenvalue weighted by atomic mass is 10.2. The van der Waals surface area contributed by atoms with Crippen LogP contribution in [0.4, 0.5) is 0 Å². The number of likely N-dealkylation sites (N-methyl/N-ethyl adjacent to an activating group) is 1. The number of pyridine rings is 1. The van der Waals surface area contributed by atoms with Crippen LogP contribution in [0.2, 0.25) is 0 Å². The van der Waals surface area contributed by atoms with Gasteiger partial charge in [0.1, 0.15) is 6.04 Å². The normalized spacial score (nSPS) is 18.8. The van der Waals surface area contributed by atoms with Crippen LogP contribution < -0.4 is 10.9 Å². The Morgan fingerprint density at radius 3 is 2.53 bits per heavy atom. The molecule has 100 valence electrons. The average Bonchev–Trinajstić information content (AvgIpc) is 2.60. The molecule has 1 aromatic heterocycles. The van der Waals surface area contributed by atoms with E-state index < -0.39 is 17.9 Å². The van der Waals surface area contributed by atoms with Crippen molar-refractivity contribution in [2.75, 3.05) is 7.05 Å². The summed E-state index contributed by atoms with van der Waals surface area (Å²) < 4.78 is 1.33. The lowest BCUT2D eigenvalue weighted by Gasteiger charge is -2.11. The van der Waals surface area contributed by atoms with E-state index in [0.717, 1.165) is 4.90 Å². The monoisotopic (exact) mass is 263 g/mol. The fraction of sp³-hybridized carbons (Fsp3) is 0.333. The van der Waals surface area contributed by atoms with Crippen molar-refractivity contribution in [3.8, 4) is 0 Å². The van der Waals surface area contributed by atoms with E-state index in [4.69, 9.17) is 0 Å². The van der Waals surface area contributed by atoms with Crippen LogP contribution in [0.3, 0.4) is 0 Å². The van der Waals surface area contributed by atoms with Crippen LogP contribution in [0, 0.1) is 0 Å². The fourth-order valence-electron chi connectivity index (χ4n) is 1.80. The highest BCUT2D eigenvalue weighted by Gasteiger charge is 2.37. The number of hydrogen-bond acceptors (Lipinski definition) is 4. The van der Waals surface area contributed by atoms with E-state index in [1.165, 1.54) is 29.9 Å². The van der Waals surface area contributed by atoms with Crippen LogP contribution in [0.25, 0.3) is 0 Å². The van der Waals surface area contributed by atoms with Crippen molar-refractivity contribution in [3.05, 3.63) is 34.2 Å². The summed E-state index contributed by atoms with van der Waals surface area (Å²) in [5.74, 6) is -1.32. The zero-order chi connectivity index (χ0) is 14.2. The predicted octanol–water partition coefficient (Wildman–Crippen LogP) is -1.13. The average molecular weight is 263 g/mol. The first-order valence-corrected chi connectivity index (χ1v) is 5.68. The van der Waals surface area contributed by atoms with E-state index in [1.54, 1.807) is 7.05 Å². The second-order valence-corrected chi connectivity index (χ2v) is 4.39. The number of rotatable bonds is 2. The third kappa shape index (κ3) is 2.40. The maximum Gasteiger partial charge on any atom is 0.252 e. The molecule has 1 saturated heterocycles. The number of nitrogens with one attached hydrogen (secondary N) is 1. The highest BCUT2D eigenvalue weighted by Crippen LogP contribution is 2.11. The molecule has 1 aromatic rings. The van der Waals surface area contributed by atoms with E-state index in [9.17, 15) is 19.2 Å². The summed E-state index contributed by atoms with van der Waals surface area (Å²) in [5.41, 5.74) is -0.156. The number of likely N-dealkylation sites (tertiary alicyclic amines) is 1. The number of imide groups is 1. The summed E-state index contributed by atoms with van der Waals surface area (Å²) in [5, 5.41) is 2.45. The molecule has 19 heavy (non-hydrogen) atoms. The van der Waals surface area contributed by atoms with Crippen LogP contribution in [0.5, 0.6) is 0 Å². The minimum atomic E-state index is -0.853. The van der Waals surface area contributed by atoms with E-state index in [2.05, 4.69) is 5.32 Å². The van der Waals surface area contributed by atoms with Gasteiger partial charge in [-0.3, -0.25) is 24.1 Å². The van der Waals surface area contributed by atoms with Crippen molar-refractivity contribution in [2.24, 2.45) is 7.05 Å². The summed E-state index contributed by atoms with van der Waals surface area (Å²) in [7, 11) is 2.94. The van der Waals surface area contributed by atoms with Gasteiger partial charge in [0, 0.05) is 31.9 Å². The molecule has 0 aromatic carbocycles. The van der Waals surface area contributed by atoms with Gasteiger partial charge in [0.05, 0.1) is 6.42 Å². The molecule has 0 saturated carbocycles. The molecule has 1 N–H and O–H groups in total. The topological polar surface area (TPSA) is 88.5 Å². The first-order valence-electron chi connectivity index (χ1n) is 5.68. The van der Waals surface area contributed by atoms with E-state index in [-0.39, 0.29) is 23.5 Å². The third-order valence-electron chi connectivity index (χ3n) is 3.05. The predicted molar refractivity (Wildman–Crippen MR) is 65.3 cm³/mol. The minimum Gasteiger partial charge on any atom is -0.340 e. The molecule has 1 fully saturated rings. The SMILES string of the molecule is CN1C(=O)CC(NC(=O)c2ccn(C)c(=O)c2)C1=O. The van der Waals surface area contributed by atoms with Gasteiger partial charge in [-0.25, -0.2) is 0 Å². The van der Waals surface area contributed by atoms with Gasteiger partial charge in [0.15, 0.2) is 0 Å². The number of aromatic nitrogens is 1. The lowest BCUT2D eigenvalue weighted by molar-refractivity contribution is -0.137. The lowest BCUT2D eigenvalue weighted by Crippen LogP contribution is -2.41. The Morgan fingerprint density at radius 2 is 2.00 bits per heavy atom. The summed E-state index contributed by atoms with van der Waals surface area (Å²) in [4.78, 5) is 47.2. The first-order chi connectivity index (χ1) is 8.90. The molecule has 7 nitrogen and oxygen atoms in total. The maximum absolute atomic E-state index is 11.9. The van der Waals surface area contributed by atoms with Gasteiger partial charge < -0.3 is 9.88 Å². The van der Waals surface area contributed by atoms with Crippen LogP contribution in [-0.2, 0) is 16.6 Å². The Balaban J connectivity index is 2.14. The Kier molecular flexibility index (Phi) is 3.20. The number of aryl methyl sites for hydroxylation is 1. The van der Waals surface area contributed by atoms with Crippen LogP contribution in [-0.4, -0.2) is 40.3 Å². The third-order valence-corrected chi connectivity index (χ3v) is 3.05. The van der Waals surface area contributed by atoms with Crippen LogP contribution >= 0.6 is 0 Å². The smallest absolute Gasteiger partial charge is 0.252 e. The molecule has 0 spiro atoms. The van der Waals surface area contributed by atoms with Crippen LogP contribution in [0.1, 0.15) is 16.8 Å². The van der Waals surface area contributed by atoms with E-state index in [1.807, 2.05) is 0 Å². The van der Waals surface area contributed by atoms with Gasteiger partial charge in [-0.05, 0) is 6.07 Å².